The van der Waals surface area contributed by atoms with Gasteiger partial charge < -0.3 is 11.1 Å². The lowest BCUT2D eigenvalue weighted by atomic mass is 9.95. The van der Waals surface area contributed by atoms with Crippen LogP contribution in [-0.4, -0.2) is 12.5 Å². The van der Waals surface area contributed by atoms with Crippen LogP contribution in [0.15, 0.2) is 48.5 Å². The van der Waals surface area contributed by atoms with E-state index in [9.17, 15) is 9.18 Å². The van der Waals surface area contributed by atoms with Crippen LogP contribution in [0.1, 0.15) is 24.0 Å². The summed E-state index contributed by atoms with van der Waals surface area (Å²) in [5.74, 6) is -0.238. The Morgan fingerprint density at radius 1 is 1.09 bits per heavy atom. The fourth-order valence-electron chi connectivity index (χ4n) is 2.71. The maximum atomic E-state index is 13.0. The fraction of sp³-hybridized carbons (Fsp3) is 0.278. The number of nitrogens with two attached hydrogens (primary N) is 1. The molecule has 1 aliphatic carbocycles. The summed E-state index contributed by atoms with van der Waals surface area (Å²) in [6, 6.07) is 13.9. The summed E-state index contributed by atoms with van der Waals surface area (Å²) in [6.07, 6.45) is 2.42. The Kier molecular flexibility index (Phi) is 3.84. The maximum Gasteiger partial charge on any atom is 0.230 e. The molecule has 2 aromatic carbocycles. The van der Waals surface area contributed by atoms with Gasteiger partial charge >= 0.3 is 0 Å². The topological polar surface area (TPSA) is 55.1 Å². The summed E-state index contributed by atoms with van der Waals surface area (Å²) in [4.78, 5) is 12.4. The number of halogens is 1. The fourth-order valence-corrected chi connectivity index (χ4v) is 2.71. The molecule has 3 rings (SSSR count). The molecule has 0 atom stereocenters. The number of amides is 1. The first-order valence-corrected chi connectivity index (χ1v) is 7.49. The van der Waals surface area contributed by atoms with Crippen LogP contribution in [-0.2, 0) is 16.6 Å². The van der Waals surface area contributed by atoms with E-state index in [0.29, 0.717) is 6.54 Å². The third-order valence-corrected chi connectivity index (χ3v) is 4.26. The first kappa shape index (κ1) is 14.6. The van der Waals surface area contributed by atoms with Crippen LogP contribution in [0.5, 0.6) is 0 Å². The second-order valence-electron chi connectivity index (χ2n) is 5.84. The minimum Gasteiger partial charge on any atom is -0.399 e. The molecule has 3 N–H and O–H groups in total. The molecule has 3 nitrogen and oxygen atoms in total. The molecule has 4 heteroatoms. The number of carbonyl (C=O) groups is 1. The summed E-state index contributed by atoms with van der Waals surface area (Å²) in [6.45, 7) is 0.589. The zero-order valence-corrected chi connectivity index (χ0v) is 12.3. The lowest BCUT2D eigenvalue weighted by molar-refractivity contribution is -0.123. The van der Waals surface area contributed by atoms with Crippen molar-refractivity contribution in [2.75, 3.05) is 12.3 Å². The van der Waals surface area contributed by atoms with E-state index in [0.717, 1.165) is 36.1 Å². The van der Waals surface area contributed by atoms with Crippen molar-refractivity contribution in [1.29, 1.82) is 0 Å². The van der Waals surface area contributed by atoms with Crippen molar-refractivity contribution in [1.82, 2.24) is 5.32 Å². The number of anilines is 1. The Balaban J connectivity index is 1.57. The third kappa shape index (κ3) is 2.96. The van der Waals surface area contributed by atoms with Gasteiger partial charge in [-0.25, -0.2) is 4.39 Å². The zero-order chi connectivity index (χ0) is 15.6. The smallest absolute Gasteiger partial charge is 0.230 e. The number of benzene rings is 2. The second kappa shape index (κ2) is 5.79. The molecule has 0 aliphatic heterocycles. The monoisotopic (exact) mass is 298 g/mol. The number of carbonyl (C=O) groups excluding carboxylic acids is 1. The molecule has 0 aromatic heterocycles. The van der Waals surface area contributed by atoms with Crippen molar-refractivity contribution in [3.63, 3.8) is 0 Å². The predicted octanol–water partition coefficient (Wildman–Crippen LogP) is 2.80. The minimum atomic E-state index is -0.450. The number of nitrogens with one attached hydrogen (secondary N) is 1. The van der Waals surface area contributed by atoms with Crippen LogP contribution in [0, 0.1) is 5.82 Å². The largest absolute Gasteiger partial charge is 0.399 e. The van der Waals surface area contributed by atoms with Gasteiger partial charge in [0.05, 0.1) is 5.41 Å². The predicted molar refractivity (Wildman–Crippen MR) is 84.9 cm³/mol. The Hall–Kier alpha value is -2.36. The third-order valence-electron chi connectivity index (χ3n) is 4.26. The van der Waals surface area contributed by atoms with Crippen LogP contribution in [0.4, 0.5) is 10.1 Å². The highest BCUT2D eigenvalue weighted by Crippen LogP contribution is 2.48. The van der Waals surface area contributed by atoms with Crippen molar-refractivity contribution in [3.8, 4) is 0 Å². The van der Waals surface area contributed by atoms with Gasteiger partial charge in [-0.3, -0.25) is 4.79 Å². The van der Waals surface area contributed by atoms with Gasteiger partial charge in [-0.1, -0.05) is 24.3 Å². The average Bonchev–Trinajstić information content (AvgIpc) is 3.32. The molecule has 1 fully saturated rings. The lowest BCUT2D eigenvalue weighted by Gasteiger charge is -2.16. The minimum absolute atomic E-state index is 0.0366. The molecule has 1 saturated carbocycles. The molecule has 0 bridgehead atoms. The van der Waals surface area contributed by atoms with Gasteiger partial charge in [0, 0.05) is 12.2 Å². The Morgan fingerprint density at radius 3 is 2.32 bits per heavy atom. The van der Waals surface area contributed by atoms with Crippen molar-refractivity contribution in [3.05, 3.63) is 65.5 Å². The van der Waals surface area contributed by atoms with E-state index in [1.807, 2.05) is 24.3 Å². The Morgan fingerprint density at radius 2 is 1.73 bits per heavy atom. The standard InChI is InChI=1S/C18H19FN2O/c19-15-5-3-14(4-6-15)18(10-11-18)17(22)21-12-9-13-1-7-16(20)8-2-13/h1-8H,9-12,20H2,(H,21,22). The van der Waals surface area contributed by atoms with E-state index in [4.69, 9.17) is 5.73 Å². The summed E-state index contributed by atoms with van der Waals surface area (Å²) >= 11 is 0. The van der Waals surface area contributed by atoms with E-state index in [-0.39, 0.29) is 11.7 Å². The first-order chi connectivity index (χ1) is 10.6. The van der Waals surface area contributed by atoms with E-state index in [2.05, 4.69) is 5.32 Å². The van der Waals surface area contributed by atoms with Gasteiger partial charge in [0.2, 0.25) is 5.91 Å². The first-order valence-electron chi connectivity index (χ1n) is 7.49. The van der Waals surface area contributed by atoms with Gasteiger partial charge in [-0.2, -0.15) is 0 Å². The highest BCUT2D eigenvalue weighted by molar-refractivity contribution is 5.91. The number of hydrogen-bond acceptors (Lipinski definition) is 2. The van der Waals surface area contributed by atoms with Gasteiger partial charge in [-0.15, -0.1) is 0 Å². The van der Waals surface area contributed by atoms with E-state index < -0.39 is 5.41 Å². The van der Waals surface area contributed by atoms with Gasteiger partial charge in [0.25, 0.3) is 0 Å². The van der Waals surface area contributed by atoms with Crippen molar-refractivity contribution in [2.24, 2.45) is 0 Å². The summed E-state index contributed by atoms with van der Waals surface area (Å²) < 4.78 is 13.0. The second-order valence-corrected chi connectivity index (χ2v) is 5.84. The van der Waals surface area contributed by atoms with Crippen LogP contribution in [0.25, 0.3) is 0 Å². The molecule has 1 amide bonds. The van der Waals surface area contributed by atoms with E-state index >= 15 is 0 Å². The van der Waals surface area contributed by atoms with Gasteiger partial charge in [0.15, 0.2) is 0 Å². The van der Waals surface area contributed by atoms with Gasteiger partial charge in [-0.05, 0) is 54.7 Å². The molecule has 0 radical (unpaired) electrons. The number of hydrogen-bond donors (Lipinski definition) is 2. The van der Waals surface area contributed by atoms with E-state index in [1.54, 1.807) is 12.1 Å². The molecular weight excluding hydrogens is 279 g/mol. The SMILES string of the molecule is Nc1ccc(CCNC(=O)C2(c3ccc(F)cc3)CC2)cc1. The zero-order valence-electron chi connectivity index (χ0n) is 12.3. The summed E-state index contributed by atoms with van der Waals surface area (Å²) in [5.41, 5.74) is 7.98. The molecule has 114 valence electrons. The highest BCUT2D eigenvalue weighted by Gasteiger charge is 2.50. The normalized spacial score (nSPS) is 15.3. The van der Waals surface area contributed by atoms with Crippen LogP contribution in [0.2, 0.25) is 0 Å². The van der Waals surface area contributed by atoms with E-state index in [1.165, 1.54) is 12.1 Å². The number of nitrogen functional groups attached to an aromatic ring is 1. The maximum absolute atomic E-state index is 13.0. The highest BCUT2D eigenvalue weighted by atomic mass is 19.1. The number of rotatable bonds is 5. The molecule has 0 saturated heterocycles. The van der Waals surface area contributed by atoms with Gasteiger partial charge in [0.1, 0.15) is 5.82 Å². The lowest BCUT2D eigenvalue weighted by Crippen LogP contribution is -2.35. The molecule has 2 aromatic rings. The summed E-state index contributed by atoms with van der Waals surface area (Å²) in [7, 11) is 0. The Labute approximate surface area is 129 Å². The Bertz CT molecular complexity index is 660. The molecule has 0 heterocycles. The van der Waals surface area contributed by atoms with Crippen molar-refractivity contribution in [2.45, 2.75) is 24.7 Å². The van der Waals surface area contributed by atoms with Crippen LogP contribution < -0.4 is 11.1 Å². The molecular formula is C18H19FN2O. The van der Waals surface area contributed by atoms with Crippen molar-refractivity contribution < 1.29 is 9.18 Å². The molecule has 22 heavy (non-hydrogen) atoms. The average molecular weight is 298 g/mol. The summed E-state index contributed by atoms with van der Waals surface area (Å²) in [5, 5.41) is 3.00. The quantitative estimate of drug-likeness (QED) is 0.834. The molecule has 0 unspecified atom stereocenters. The van der Waals surface area contributed by atoms with Crippen LogP contribution >= 0.6 is 0 Å². The molecule has 0 spiro atoms. The van der Waals surface area contributed by atoms with Crippen molar-refractivity contribution >= 4 is 11.6 Å². The molecule has 1 aliphatic rings. The van der Waals surface area contributed by atoms with Crippen LogP contribution in [0.3, 0.4) is 0 Å².